The molecule has 2 aromatic heterocycles. The number of nitrogens with zero attached hydrogens (tertiary/aromatic N) is 1. The number of aryl methyl sites for hydroxylation is 1. The van der Waals surface area contributed by atoms with E-state index in [4.69, 9.17) is 4.74 Å². The number of rotatable bonds is 10. The summed E-state index contributed by atoms with van der Waals surface area (Å²) in [5.74, 6) is -0.426. The fourth-order valence-corrected chi connectivity index (χ4v) is 4.78. The zero-order valence-electron chi connectivity index (χ0n) is 21.0. The lowest BCUT2D eigenvalue weighted by Gasteiger charge is -2.15. The third-order valence-electron chi connectivity index (χ3n) is 6.77. The monoisotopic (exact) mass is 489 g/mol. The Kier molecular flexibility index (Phi) is 7.36. The second-order valence-electron chi connectivity index (χ2n) is 9.35. The smallest absolute Gasteiger partial charge is 0.345 e. The van der Waals surface area contributed by atoms with Gasteiger partial charge in [0, 0.05) is 29.9 Å². The SMILES string of the molecule is CCCCc1c(-c2ccc(-c3ccc(OC(Cc4ccccc4)C(=O)O)cc3)cc2)cn2ccccc12. The summed E-state index contributed by atoms with van der Waals surface area (Å²) >= 11 is 0. The van der Waals surface area contributed by atoms with Crippen LogP contribution in [-0.2, 0) is 17.6 Å². The first kappa shape index (κ1) is 24.4. The van der Waals surface area contributed by atoms with Crippen LogP contribution in [0.2, 0.25) is 0 Å². The molecule has 0 saturated heterocycles. The van der Waals surface area contributed by atoms with Gasteiger partial charge in [-0.2, -0.15) is 0 Å². The molecule has 0 bridgehead atoms. The molecule has 0 aliphatic heterocycles. The first-order chi connectivity index (χ1) is 18.1. The Hall–Kier alpha value is -4.31. The van der Waals surface area contributed by atoms with Crippen LogP contribution in [0, 0.1) is 0 Å². The largest absolute Gasteiger partial charge is 0.478 e. The van der Waals surface area contributed by atoms with Crippen molar-refractivity contribution in [1.82, 2.24) is 4.40 Å². The summed E-state index contributed by atoms with van der Waals surface area (Å²) in [6.45, 7) is 2.23. The lowest BCUT2D eigenvalue weighted by atomic mass is 9.97. The highest BCUT2D eigenvalue weighted by molar-refractivity contribution is 5.78. The minimum atomic E-state index is -0.972. The van der Waals surface area contributed by atoms with Gasteiger partial charge in [0.1, 0.15) is 5.75 Å². The molecular weight excluding hydrogens is 458 g/mol. The van der Waals surface area contributed by atoms with Crippen LogP contribution in [0.4, 0.5) is 0 Å². The summed E-state index contributed by atoms with van der Waals surface area (Å²) < 4.78 is 8.04. The Bertz CT molecular complexity index is 1470. The number of hydrogen-bond acceptors (Lipinski definition) is 2. The van der Waals surface area contributed by atoms with Gasteiger partial charge in [-0.1, -0.05) is 86.1 Å². The van der Waals surface area contributed by atoms with Crippen molar-refractivity contribution in [1.29, 1.82) is 0 Å². The quantitative estimate of drug-likeness (QED) is 0.219. The van der Waals surface area contributed by atoms with Crippen molar-refractivity contribution in [2.45, 2.75) is 38.7 Å². The maximum Gasteiger partial charge on any atom is 0.345 e. The van der Waals surface area contributed by atoms with Gasteiger partial charge in [-0.05, 0) is 64.9 Å². The van der Waals surface area contributed by atoms with Gasteiger partial charge in [-0.25, -0.2) is 4.79 Å². The fourth-order valence-electron chi connectivity index (χ4n) is 4.78. The molecule has 37 heavy (non-hydrogen) atoms. The Morgan fingerprint density at radius 3 is 2.16 bits per heavy atom. The Morgan fingerprint density at radius 1 is 0.838 bits per heavy atom. The van der Waals surface area contributed by atoms with Crippen molar-refractivity contribution in [3.05, 3.63) is 121 Å². The van der Waals surface area contributed by atoms with Gasteiger partial charge < -0.3 is 14.2 Å². The molecule has 0 saturated carbocycles. The van der Waals surface area contributed by atoms with Crippen LogP contribution in [0.15, 0.2) is 109 Å². The summed E-state index contributed by atoms with van der Waals surface area (Å²) in [6, 6.07) is 32.2. The third-order valence-corrected chi connectivity index (χ3v) is 6.77. The molecule has 4 nitrogen and oxygen atoms in total. The number of hydrogen-bond donors (Lipinski definition) is 1. The molecule has 0 aliphatic rings. The zero-order valence-corrected chi connectivity index (χ0v) is 21.0. The first-order valence-electron chi connectivity index (χ1n) is 12.8. The summed E-state index contributed by atoms with van der Waals surface area (Å²) in [5, 5.41) is 9.64. The number of pyridine rings is 1. The van der Waals surface area contributed by atoms with Crippen molar-refractivity contribution >= 4 is 11.5 Å². The highest BCUT2D eigenvalue weighted by Crippen LogP contribution is 2.32. The predicted octanol–water partition coefficient (Wildman–Crippen LogP) is 7.69. The molecule has 0 amide bonds. The lowest BCUT2D eigenvalue weighted by molar-refractivity contribution is -0.145. The molecular formula is C33H31NO3. The van der Waals surface area contributed by atoms with Gasteiger partial charge in [0.05, 0.1) is 0 Å². The molecule has 0 aliphatic carbocycles. The van der Waals surface area contributed by atoms with E-state index in [1.54, 1.807) is 0 Å². The van der Waals surface area contributed by atoms with Gasteiger partial charge >= 0.3 is 5.97 Å². The van der Waals surface area contributed by atoms with Crippen LogP contribution < -0.4 is 4.74 Å². The van der Waals surface area contributed by atoms with E-state index in [-0.39, 0.29) is 0 Å². The molecule has 2 heterocycles. The van der Waals surface area contributed by atoms with Gasteiger partial charge in [-0.3, -0.25) is 0 Å². The summed E-state index contributed by atoms with van der Waals surface area (Å²) in [6.07, 6.45) is 7.12. The Morgan fingerprint density at radius 2 is 1.49 bits per heavy atom. The van der Waals surface area contributed by atoms with Gasteiger partial charge in [0.25, 0.3) is 0 Å². The normalized spacial score (nSPS) is 11.9. The number of benzene rings is 3. The second-order valence-corrected chi connectivity index (χ2v) is 9.35. The first-order valence-corrected chi connectivity index (χ1v) is 12.8. The van der Waals surface area contributed by atoms with Crippen LogP contribution >= 0.6 is 0 Å². The number of unbranched alkanes of at least 4 members (excludes halogenated alkanes) is 1. The molecule has 1 N–H and O–H groups in total. The molecule has 0 spiro atoms. The molecule has 1 atom stereocenters. The molecule has 3 aromatic carbocycles. The summed E-state index contributed by atoms with van der Waals surface area (Å²) in [5.41, 5.74) is 8.27. The van der Waals surface area contributed by atoms with Crippen LogP contribution in [-0.4, -0.2) is 21.6 Å². The predicted molar refractivity (Wildman–Crippen MR) is 149 cm³/mol. The number of carboxylic acids is 1. The topological polar surface area (TPSA) is 50.9 Å². The highest BCUT2D eigenvalue weighted by Gasteiger charge is 2.20. The number of aliphatic carboxylic acids is 1. The van der Waals surface area contributed by atoms with E-state index in [0.29, 0.717) is 12.2 Å². The van der Waals surface area contributed by atoms with Crippen molar-refractivity contribution in [2.75, 3.05) is 0 Å². The highest BCUT2D eigenvalue weighted by atomic mass is 16.5. The van der Waals surface area contributed by atoms with Gasteiger partial charge in [0.2, 0.25) is 0 Å². The van der Waals surface area contributed by atoms with Crippen LogP contribution in [0.5, 0.6) is 5.75 Å². The van der Waals surface area contributed by atoms with E-state index in [1.165, 1.54) is 35.0 Å². The van der Waals surface area contributed by atoms with Crippen LogP contribution in [0.25, 0.3) is 27.8 Å². The number of carboxylic acid groups (broad SMARTS) is 1. The number of aromatic nitrogens is 1. The second kappa shape index (κ2) is 11.2. The molecule has 4 heteroatoms. The van der Waals surface area contributed by atoms with E-state index in [1.807, 2.05) is 54.6 Å². The van der Waals surface area contributed by atoms with E-state index in [2.05, 4.69) is 66.2 Å². The fraction of sp³-hybridized carbons (Fsp3) is 0.182. The molecule has 1 unspecified atom stereocenters. The number of fused-ring (bicyclic) bond motifs is 1. The van der Waals surface area contributed by atoms with E-state index < -0.39 is 12.1 Å². The van der Waals surface area contributed by atoms with Crippen molar-refractivity contribution in [2.24, 2.45) is 0 Å². The average Bonchev–Trinajstić information content (AvgIpc) is 3.31. The molecule has 5 aromatic rings. The van der Waals surface area contributed by atoms with E-state index in [9.17, 15) is 9.90 Å². The number of ether oxygens (including phenoxy) is 1. The van der Waals surface area contributed by atoms with Crippen LogP contribution in [0.3, 0.4) is 0 Å². The zero-order chi connectivity index (χ0) is 25.6. The molecule has 186 valence electrons. The summed E-state index contributed by atoms with van der Waals surface area (Å²) in [7, 11) is 0. The van der Waals surface area contributed by atoms with E-state index >= 15 is 0 Å². The Labute approximate surface area is 217 Å². The van der Waals surface area contributed by atoms with Crippen molar-refractivity contribution in [3.63, 3.8) is 0 Å². The summed E-state index contributed by atoms with van der Waals surface area (Å²) in [4.78, 5) is 11.8. The minimum Gasteiger partial charge on any atom is -0.478 e. The lowest BCUT2D eigenvalue weighted by Crippen LogP contribution is -2.29. The average molecular weight is 490 g/mol. The maximum absolute atomic E-state index is 11.8. The maximum atomic E-state index is 11.8. The van der Waals surface area contributed by atoms with Crippen molar-refractivity contribution in [3.8, 4) is 28.0 Å². The van der Waals surface area contributed by atoms with Crippen molar-refractivity contribution < 1.29 is 14.6 Å². The van der Waals surface area contributed by atoms with Gasteiger partial charge in [0.15, 0.2) is 6.10 Å². The molecule has 5 rings (SSSR count). The standard InChI is InChI=1S/C33H31NO3/c1-2-3-11-29-30(23-34-21-8-7-12-31(29)34)27-15-13-25(14-16-27)26-17-19-28(20-18-26)37-32(33(35)36)22-24-9-5-4-6-10-24/h4-10,12-21,23,32H,2-3,11,22H2,1H3,(H,35,36). The third kappa shape index (κ3) is 5.59. The molecule has 0 radical (unpaired) electrons. The minimum absolute atomic E-state index is 0.314. The van der Waals surface area contributed by atoms with Gasteiger partial charge in [-0.15, -0.1) is 0 Å². The van der Waals surface area contributed by atoms with Crippen LogP contribution in [0.1, 0.15) is 30.9 Å². The Balaban J connectivity index is 1.33. The molecule has 0 fully saturated rings. The van der Waals surface area contributed by atoms with E-state index in [0.717, 1.165) is 23.1 Å². The number of carbonyl (C=O) groups is 1.